The molecule has 0 aromatic carbocycles. The van der Waals surface area contributed by atoms with Crippen LogP contribution in [-0.4, -0.2) is 36.1 Å². The van der Waals surface area contributed by atoms with Crippen LogP contribution in [0, 0.1) is 29.1 Å². The predicted molar refractivity (Wildman–Crippen MR) is 76.6 cm³/mol. The summed E-state index contributed by atoms with van der Waals surface area (Å²) in [7, 11) is 0. The summed E-state index contributed by atoms with van der Waals surface area (Å²) >= 11 is 0. The molecule has 106 valence electrons. The highest BCUT2D eigenvalue weighted by Crippen LogP contribution is 2.42. The van der Waals surface area contributed by atoms with Gasteiger partial charge in [-0.05, 0) is 49.9 Å². The van der Waals surface area contributed by atoms with Gasteiger partial charge in [-0.15, -0.1) is 0 Å². The van der Waals surface area contributed by atoms with Crippen molar-refractivity contribution in [2.24, 2.45) is 17.8 Å². The summed E-state index contributed by atoms with van der Waals surface area (Å²) in [5, 5.41) is 13.5. The summed E-state index contributed by atoms with van der Waals surface area (Å²) < 4.78 is 0. The lowest BCUT2D eigenvalue weighted by molar-refractivity contribution is 0.108. The van der Waals surface area contributed by atoms with Gasteiger partial charge in [0, 0.05) is 25.7 Å². The maximum atomic E-state index is 9.79. The molecular weight excluding hydrogens is 234 g/mol. The summed E-state index contributed by atoms with van der Waals surface area (Å²) in [6.07, 6.45) is 6.36. The minimum atomic E-state index is -0.252. The Morgan fingerprint density at radius 3 is 2.26 bits per heavy atom. The summed E-state index contributed by atoms with van der Waals surface area (Å²) in [6, 6.07) is 3.30. The van der Waals surface area contributed by atoms with Crippen molar-refractivity contribution in [3.05, 3.63) is 0 Å². The van der Waals surface area contributed by atoms with E-state index in [0.717, 1.165) is 18.4 Å². The van der Waals surface area contributed by atoms with E-state index in [9.17, 15) is 5.26 Å². The number of hydrogen-bond donors (Lipinski definition) is 1. The Kier molecular flexibility index (Phi) is 3.57. The molecule has 0 spiro atoms. The fourth-order valence-corrected chi connectivity index (χ4v) is 3.89. The molecule has 3 unspecified atom stereocenters. The zero-order valence-electron chi connectivity index (χ0n) is 12.4. The van der Waals surface area contributed by atoms with Crippen LogP contribution < -0.4 is 5.32 Å². The van der Waals surface area contributed by atoms with Crippen LogP contribution in [0.3, 0.4) is 0 Å². The van der Waals surface area contributed by atoms with Gasteiger partial charge in [0.15, 0.2) is 0 Å². The summed E-state index contributed by atoms with van der Waals surface area (Å²) in [5.41, 5.74) is -0.252. The second-order valence-electron chi connectivity index (χ2n) is 7.42. The van der Waals surface area contributed by atoms with Gasteiger partial charge in [0.25, 0.3) is 0 Å². The molecule has 3 rings (SSSR count). The smallest absolute Gasteiger partial charge is 0.122 e. The van der Waals surface area contributed by atoms with Gasteiger partial charge in [-0.2, -0.15) is 5.26 Å². The number of rotatable bonds is 5. The van der Waals surface area contributed by atoms with E-state index in [1.807, 2.05) is 0 Å². The molecule has 0 bridgehead atoms. The number of nitrogens with one attached hydrogen (secondary N) is 1. The molecule has 1 N–H and O–H groups in total. The van der Waals surface area contributed by atoms with Crippen LogP contribution in [0.2, 0.25) is 0 Å². The van der Waals surface area contributed by atoms with E-state index in [1.54, 1.807) is 0 Å². The molecule has 3 atom stereocenters. The van der Waals surface area contributed by atoms with Gasteiger partial charge in [-0.3, -0.25) is 10.2 Å². The van der Waals surface area contributed by atoms with Crippen LogP contribution in [0.1, 0.15) is 46.0 Å². The van der Waals surface area contributed by atoms with E-state index < -0.39 is 0 Å². The number of nitrogens with zero attached hydrogens (tertiary/aromatic N) is 2. The maximum absolute atomic E-state index is 9.79. The zero-order valence-corrected chi connectivity index (χ0v) is 12.4. The van der Waals surface area contributed by atoms with Gasteiger partial charge in [-0.1, -0.05) is 13.8 Å². The molecule has 1 aliphatic heterocycles. The van der Waals surface area contributed by atoms with Crippen molar-refractivity contribution in [3.8, 4) is 6.07 Å². The molecule has 3 aliphatic rings. The molecular formula is C16H27N3. The Morgan fingerprint density at radius 1 is 1.16 bits per heavy atom. The van der Waals surface area contributed by atoms with E-state index in [1.165, 1.54) is 45.2 Å². The van der Waals surface area contributed by atoms with Crippen LogP contribution >= 0.6 is 0 Å². The molecule has 3 nitrogen and oxygen atoms in total. The average Bonchev–Trinajstić information content (AvgIpc) is 3.20. The zero-order chi connectivity index (χ0) is 13.5. The minimum absolute atomic E-state index is 0.252. The Hall–Kier alpha value is -0.590. The third-order valence-electron chi connectivity index (χ3n) is 4.93. The quantitative estimate of drug-likeness (QED) is 0.826. The lowest BCUT2D eigenvalue weighted by atomic mass is 9.88. The molecule has 3 heteroatoms. The standard InChI is InChI=1S/C16H27N3/c1-12-7-13(2)9-19(8-12)11-16(10-17,14-3-4-14)18-15-5-6-15/h12-15,18H,3-9,11H2,1-2H3. The number of likely N-dealkylation sites (tertiary alicyclic amines) is 1. The number of hydrogen-bond acceptors (Lipinski definition) is 3. The van der Waals surface area contributed by atoms with Crippen LogP contribution in [0.15, 0.2) is 0 Å². The monoisotopic (exact) mass is 261 g/mol. The first-order valence-corrected chi connectivity index (χ1v) is 8.02. The van der Waals surface area contributed by atoms with Crippen molar-refractivity contribution < 1.29 is 0 Å². The normalized spacial score (nSPS) is 35.6. The summed E-state index contributed by atoms with van der Waals surface area (Å²) in [5.74, 6) is 2.16. The molecule has 0 aromatic heterocycles. The highest BCUT2D eigenvalue weighted by molar-refractivity contribution is 5.18. The first kappa shape index (κ1) is 13.4. The highest BCUT2D eigenvalue weighted by Gasteiger charge is 2.49. The number of piperidine rings is 1. The SMILES string of the molecule is CC1CC(C)CN(CC(C#N)(NC2CC2)C2CC2)C1. The molecule has 0 radical (unpaired) electrons. The molecule has 1 saturated heterocycles. The fraction of sp³-hybridized carbons (Fsp3) is 0.938. The molecule has 0 aromatic rings. The second kappa shape index (κ2) is 5.07. The van der Waals surface area contributed by atoms with Crippen LogP contribution in [-0.2, 0) is 0 Å². The Labute approximate surface area is 117 Å². The largest absolute Gasteiger partial charge is 0.300 e. The van der Waals surface area contributed by atoms with Gasteiger partial charge in [0.05, 0.1) is 6.07 Å². The van der Waals surface area contributed by atoms with Gasteiger partial charge in [0.2, 0.25) is 0 Å². The lowest BCUT2D eigenvalue weighted by Crippen LogP contribution is -2.57. The average molecular weight is 261 g/mol. The Morgan fingerprint density at radius 2 is 1.79 bits per heavy atom. The summed E-state index contributed by atoms with van der Waals surface area (Å²) in [6.45, 7) is 7.99. The topological polar surface area (TPSA) is 39.1 Å². The van der Waals surface area contributed by atoms with Crippen LogP contribution in [0.25, 0.3) is 0 Å². The van der Waals surface area contributed by atoms with E-state index in [2.05, 4.69) is 30.1 Å². The van der Waals surface area contributed by atoms with Crippen molar-refractivity contribution in [3.63, 3.8) is 0 Å². The van der Waals surface area contributed by atoms with Crippen LogP contribution in [0.4, 0.5) is 0 Å². The van der Waals surface area contributed by atoms with Crippen molar-refractivity contribution in [1.82, 2.24) is 10.2 Å². The minimum Gasteiger partial charge on any atom is -0.300 e. The second-order valence-corrected chi connectivity index (χ2v) is 7.42. The Bertz CT molecular complexity index is 357. The summed E-state index contributed by atoms with van der Waals surface area (Å²) in [4.78, 5) is 2.55. The van der Waals surface area contributed by atoms with Crippen molar-refractivity contribution in [2.75, 3.05) is 19.6 Å². The highest BCUT2D eigenvalue weighted by atomic mass is 15.2. The Balaban J connectivity index is 1.67. The van der Waals surface area contributed by atoms with Gasteiger partial charge in [-0.25, -0.2) is 0 Å². The molecule has 2 saturated carbocycles. The molecule has 3 fully saturated rings. The van der Waals surface area contributed by atoms with Crippen molar-refractivity contribution in [1.29, 1.82) is 5.26 Å². The van der Waals surface area contributed by atoms with Gasteiger partial charge < -0.3 is 0 Å². The molecule has 0 amide bonds. The van der Waals surface area contributed by atoms with Crippen molar-refractivity contribution in [2.45, 2.75) is 57.5 Å². The van der Waals surface area contributed by atoms with E-state index >= 15 is 0 Å². The van der Waals surface area contributed by atoms with Crippen LogP contribution in [0.5, 0.6) is 0 Å². The lowest BCUT2D eigenvalue weighted by Gasteiger charge is -2.40. The first-order valence-electron chi connectivity index (χ1n) is 8.02. The third-order valence-corrected chi connectivity index (χ3v) is 4.93. The molecule has 1 heterocycles. The van der Waals surface area contributed by atoms with E-state index in [4.69, 9.17) is 0 Å². The van der Waals surface area contributed by atoms with E-state index in [-0.39, 0.29) is 5.54 Å². The molecule has 19 heavy (non-hydrogen) atoms. The number of nitriles is 1. The van der Waals surface area contributed by atoms with Gasteiger partial charge in [0.1, 0.15) is 5.54 Å². The van der Waals surface area contributed by atoms with Gasteiger partial charge >= 0.3 is 0 Å². The fourth-order valence-electron chi connectivity index (χ4n) is 3.89. The third kappa shape index (κ3) is 3.12. The van der Waals surface area contributed by atoms with Crippen molar-refractivity contribution >= 4 is 0 Å². The van der Waals surface area contributed by atoms with E-state index in [0.29, 0.717) is 12.0 Å². The maximum Gasteiger partial charge on any atom is 0.122 e. The predicted octanol–water partition coefficient (Wildman–Crippen LogP) is 2.39. The molecule has 2 aliphatic carbocycles. The first-order chi connectivity index (χ1) is 9.11.